The predicted octanol–water partition coefficient (Wildman–Crippen LogP) is 1.60. The van der Waals surface area contributed by atoms with Gasteiger partial charge in [-0.15, -0.1) is 0 Å². The summed E-state index contributed by atoms with van der Waals surface area (Å²) >= 11 is 0. The van der Waals surface area contributed by atoms with Crippen molar-refractivity contribution in [1.29, 1.82) is 0 Å². The van der Waals surface area contributed by atoms with Crippen molar-refractivity contribution in [3.05, 3.63) is 30.3 Å². The van der Waals surface area contributed by atoms with Crippen LogP contribution in [0.1, 0.15) is 6.92 Å². The van der Waals surface area contributed by atoms with Crippen LogP contribution in [0.5, 0.6) is 11.6 Å². The monoisotopic (exact) mass is 262 g/mol. The van der Waals surface area contributed by atoms with Gasteiger partial charge >= 0.3 is 5.97 Å². The molecule has 0 aliphatic heterocycles. The number of ether oxygens (including phenoxy) is 2. The van der Waals surface area contributed by atoms with Gasteiger partial charge in [0.05, 0.1) is 0 Å². The van der Waals surface area contributed by atoms with Crippen molar-refractivity contribution in [3.8, 4) is 23.0 Å². The topological polar surface area (TPSA) is 87.6 Å². The van der Waals surface area contributed by atoms with Crippen molar-refractivity contribution in [1.82, 2.24) is 5.16 Å². The minimum absolute atomic E-state index is 0.357. The number of rotatable bonds is 5. The van der Waals surface area contributed by atoms with Crippen LogP contribution in [0, 0.1) is 0 Å². The number of hydrogen-bond acceptors (Lipinski definition) is 6. The first-order chi connectivity index (χ1) is 9.19. The minimum atomic E-state index is -0.357. The fourth-order valence-corrected chi connectivity index (χ4v) is 1.48. The fourth-order valence-electron chi connectivity index (χ4n) is 1.48. The fraction of sp³-hybridized carbons (Fsp3) is 0.231. The zero-order chi connectivity index (χ0) is 13.7. The Bertz CT molecular complexity index is 548. The number of carbonyl (C=O) groups excluding carboxylic acids is 1. The van der Waals surface area contributed by atoms with Gasteiger partial charge in [0.2, 0.25) is 0 Å². The average Bonchev–Trinajstić information content (AvgIpc) is 2.85. The highest BCUT2D eigenvalue weighted by molar-refractivity contribution is 5.69. The van der Waals surface area contributed by atoms with Gasteiger partial charge in [0.25, 0.3) is 5.88 Å². The molecule has 100 valence electrons. The maximum Gasteiger partial charge on any atom is 0.308 e. The maximum absolute atomic E-state index is 10.8. The molecule has 19 heavy (non-hydrogen) atoms. The largest absolute Gasteiger partial charge is 0.474 e. The van der Waals surface area contributed by atoms with E-state index in [4.69, 9.17) is 19.7 Å². The van der Waals surface area contributed by atoms with E-state index in [-0.39, 0.29) is 5.97 Å². The van der Waals surface area contributed by atoms with Crippen molar-refractivity contribution >= 4 is 5.97 Å². The molecule has 0 radical (unpaired) electrons. The second-order valence-corrected chi connectivity index (χ2v) is 3.78. The standard InChI is InChI=1S/C13H14N2O4/c1-9(16)18-11-4-2-10(3-5-11)12-8-13(15-19-12)17-7-6-14/h2-5,8H,6-7,14H2,1H3. The van der Waals surface area contributed by atoms with Crippen LogP contribution in [0.25, 0.3) is 11.3 Å². The van der Waals surface area contributed by atoms with Crippen molar-refractivity contribution in [2.75, 3.05) is 13.2 Å². The molecule has 0 unspecified atom stereocenters. The summed E-state index contributed by atoms with van der Waals surface area (Å²) in [5, 5.41) is 3.76. The van der Waals surface area contributed by atoms with E-state index in [0.717, 1.165) is 5.56 Å². The zero-order valence-electron chi connectivity index (χ0n) is 10.5. The third-order valence-electron chi connectivity index (χ3n) is 2.26. The lowest BCUT2D eigenvalue weighted by atomic mass is 10.2. The molecule has 1 heterocycles. The molecule has 6 nitrogen and oxygen atoms in total. The van der Waals surface area contributed by atoms with Gasteiger partial charge in [-0.2, -0.15) is 0 Å². The Balaban J connectivity index is 2.09. The predicted molar refractivity (Wildman–Crippen MR) is 67.8 cm³/mol. The SMILES string of the molecule is CC(=O)Oc1ccc(-c2cc(OCCN)no2)cc1. The first-order valence-electron chi connectivity index (χ1n) is 5.77. The highest BCUT2D eigenvalue weighted by Crippen LogP contribution is 2.25. The second kappa shape index (κ2) is 6.01. The van der Waals surface area contributed by atoms with E-state index in [1.165, 1.54) is 6.92 Å². The van der Waals surface area contributed by atoms with Gasteiger partial charge in [-0.05, 0) is 29.4 Å². The Kier molecular flexibility index (Phi) is 4.15. The molecule has 0 saturated carbocycles. The van der Waals surface area contributed by atoms with E-state index in [9.17, 15) is 4.79 Å². The van der Waals surface area contributed by atoms with Crippen LogP contribution >= 0.6 is 0 Å². The highest BCUT2D eigenvalue weighted by atomic mass is 16.5. The Hall–Kier alpha value is -2.34. The molecular weight excluding hydrogens is 248 g/mol. The maximum atomic E-state index is 10.8. The van der Waals surface area contributed by atoms with Crippen molar-refractivity contribution in [2.24, 2.45) is 5.73 Å². The van der Waals surface area contributed by atoms with Crippen molar-refractivity contribution in [2.45, 2.75) is 6.92 Å². The van der Waals surface area contributed by atoms with Crippen LogP contribution in [0.15, 0.2) is 34.9 Å². The molecule has 0 atom stereocenters. The van der Waals surface area contributed by atoms with Gasteiger partial charge in [0.1, 0.15) is 12.4 Å². The van der Waals surface area contributed by atoms with E-state index >= 15 is 0 Å². The highest BCUT2D eigenvalue weighted by Gasteiger charge is 2.08. The van der Waals surface area contributed by atoms with E-state index in [2.05, 4.69) is 5.16 Å². The summed E-state index contributed by atoms with van der Waals surface area (Å²) in [4.78, 5) is 10.8. The number of nitrogens with zero attached hydrogens (tertiary/aromatic N) is 1. The Morgan fingerprint density at radius 2 is 2.11 bits per heavy atom. The number of aromatic nitrogens is 1. The summed E-state index contributed by atoms with van der Waals surface area (Å²) in [6.07, 6.45) is 0. The third-order valence-corrected chi connectivity index (χ3v) is 2.26. The summed E-state index contributed by atoms with van der Waals surface area (Å²) in [6, 6.07) is 8.58. The van der Waals surface area contributed by atoms with Gasteiger partial charge in [0.15, 0.2) is 5.76 Å². The molecule has 1 aromatic heterocycles. The smallest absolute Gasteiger partial charge is 0.308 e. The molecule has 0 bridgehead atoms. The molecule has 0 amide bonds. The third kappa shape index (κ3) is 3.56. The molecule has 6 heteroatoms. The van der Waals surface area contributed by atoms with Gasteiger partial charge in [0, 0.05) is 25.1 Å². The van der Waals surface area contributed by atoms with E-state index in [1.807, 2.05) is 0 Å². The average molecular weight is 262 g/mol. The molecule has 2 aromatic rings. The lowest BCUT2D eigenvalue weighted by Gasteiger charge is -2.01. The summed E-state index contributed by atoms with van der Waals surface area (Å²) in [5.74, 6) is 1.09. The van der Waals surface area contributed by atoms with Crippen LogP contribution in [0.3, 0.4) is 0 Å². The molecule has 0 fully saturated rings. The number of benzene rings is 1. The zero-order valence-corrected chi connectivity index (χ0v) is 10.5. The number of nitrogens with two attached hydrogens (primary N) is 1. The van der Waals surface area contributed by atoms with Crippen LogP contribution in [0.2, 0.25) is 0 Å². The number of esters is 1. The molecule has 0 aliphatic rings. The van der Waals surface area contributed by atoms with E-state index in [1.54, 1.807) is 30.3 Å². The number of carbonyl (C=O) groups is 1. The Morgan fingerprint density at radius 3 is 2.74 bits per heavy atom. The van der Waals surface area contributed by atoms with Gasteiger partial charge < -0.3 is 19.7 Å². The minimum Gasteiger partial charge on any atom is -0.474 e. The molecule has 0 aliphatic carbocycles. The van der Waals surface area contributed by atoms with E-state index in [0.29, 0.717) is 30.5 Å². The molecule has 0 spiro atoms. The quantitative estimate of drug-likeness (QED) is 0.650. The second-order valence-electron chi connectivity index (χ2n) is 3.78. The van der Waals surface area contributed by atoms with Gasteiger partial charge in [-0.25, -0.2) is 0 Å². The number of hydrogen-bond donors (Lipinski definition) is 1. The van der Waals surface area contributed by atoms with Crippen LogP contribution in [0.4, 0.5) is 0 Å². The van der Waals surface area contributed by atoms with Gasteiger partial charge in [-0.3, -0.25) is 4.79 Å². The van der Waals surface area contributed by atoms with Crippen LogP contribution in [-0.4, -0.2) is 24.3 Å². The summed E-state index contributed by atoms with van der Waals surface area (Å²) < 4.78 is 15.3. The van der Waals surface area contributed by atoms with E-state index < -0.39 is 0 Å². The lowest BCUT2D eigenvalue weighted by molar-refractivity contribution is -0.131. The molecule has 0 saturated heterocycles. The molecule has 2 rings (SSSR count). The molecule has 1 aromatic carbocycles. The molecule has 2 N–H and O–H groups in total. The Labute approximate surface area is 110 Å². The van der Waals surface area contributed by atoms with Crippen LogP contribution < -0.4 is 15.2 Å². The summed E-state index contributed by atoms with van der Waals surface area (Å²) in [6.45, 7) is 2.15. The summed E-state index contributed by atoms with van der Waals surface area (Å²) in [5.41, 5.74) is 6.14. The molecular formula is C13H14N2O4. The van der Waals surface area contributed by atoms with Crippen molar-refractivity contribution in [3.63, 3.8) is 0 Å². The Morgan fingerprint density at radius 1 is 1.37 bits per heavy atom. The van der Waals surface area contributed by atoms with Gasteiger partial charge in [-0.1, -0.05) is 0 Å². The van der Waals surface area contributed by atoms with Crippen molar-refractivity contribution < 1.29 is 18.8 Å². The first-order valence-corrected chi connectivity index (χ1v) is 5.77. The lowest BCUT2D eigenvalue weighted by Crippen LogP contribution is -2.10. The normalized spacial score (nSPS) is 10.2. The first kappa shape index (κ1) is 13.1. The summed E-state index contributed by atoms with van der Waals surface area (Å²) in [7, 11) is 0. The van der Waals surface area contributed by atoms with Crippen LogP contribution in [-0.2, 0) is 4.79 Å².